The molecule has 0 aliphatic rings. The van der Waals surface area contributed by atoms with E-state index in [-0.39, 0.29) is 6.42 Å². The van der Waals surface area contributed by atoms with Gasteiger partial charge < -0.3 is 5.11 Å². The van der Waals surface area contributed by atoms with Gasteiger partial charge in [-0.3, -0.25) is 4.79 Å². The van der Waals surface area contributed by atoms with E-state index >= 15 is 0 Å². The Labute approximate surface area is 80.8 Å². The minimum absolute atomic E-state index is 0.169. The highest BCUT2D eigenvalue weighted by Crippen LogP contribution is 2.18. The average Bonchev–Trinajstić information content (AvgIpc) is 1.98. The zero-order chi connectivity index (χ0) is 10.0. The summed E-state index contributed by atoms with van der Waals surface area (Å²) in [5.41, 5.74) is 0.845. The van der Waals surface area contributed by atoms with Crippen LogP contribution in [0.5, 0.6) is 0 Å². The molecule has 2 nitrogen and oxygen atoms in total. The van der Waals surface area contributed by atoms with Crippen molar-refractivity contribution in [3.63, 3.8) is 0 Å². The second kappa shape index (κ2) is 3.79. The van der Waals surface area contributed by atoms with Gasteiger partial charge in [0.25, 0.3) is 0 Å². The number of carboxylic acids is 1. The Morgan fingerprint density at radius 3 is 2.77 bits per heavy atom. The van der Waals surface area contributed by atoms with E-state index < -0.39 is 11.8 Å². The van der Waals surface area contributed by atoms with E-state index in [1.54, 1.807) is 13.0 Å². The standard InChI is InChI=1S/C9H9FO2S/c1-5-6(3-9(11)12)2-7(13)4-8(5)10/h2,4,13H,3H2,1H3,(H,11,12). The number of halogens is 1. The first kappa shape index (κ1) is 10.1. The molecule has 0 aliphatic carbocycles. The summed E-state index contributed by atoms with van der Waals surface area (Å²) in [4.78, 5) is 10.8. The van der Waals surface area contributed by atoms with Crippen LogP contribution in [0.4, 0.5) is 4.39 Å². The lowest BCUT2D eigenvalue weighted by atomic mass is 10.1. The van der Waals surface area contributed by atoms with Crippen LogP contribution in [0.15, 0.2) is 17.0 Å². The molecule has 0 unspecified atom stereocenters. The molecule has 0 amide bonds. The summed E-state index contributed by atoms with van der Waals surface area (Å²) in [6.07, 6.45) is -0.169. The van der Waals surface area contributed by atoms with Gasteiger partial charge in [-0.1, -0.05) is 0 Å². The van der Waals surface area contributed by atoms with Gasteiger partial charge in [-0.05, 0) is 30.2 Å². The molecule has 0 bridgehead atoms. The average molecular weight is 200 g/mol. The molecule has 1 N–H and O–H groups in total. The molecule has 4 heteroatoms. The van der Waals surface area contributed by atoms with Crippen molar-refractivity contribution in [2.24, 2.45) is 0 Å². The van der Waals surface area contributed by atoms with E-state index in [9.17, 15) is 9.18 Å². The summed E-state index contributed by atoms with van der Waals surface area (Å²) in [5, 5.41) is 8.53. The third-order valence-corrected chi connectivity index (χ3v) is 2.04. The van der Waals surface area contributed by atoms with Crippen molar-refractivity contribution in [2.75, 3.05) is 0 Å². The minimum atomic E-state index is -0.971. The van der Waals surface area contributed by atoms with Gasteiger partial charge in [-0.2, -0.15) is 0 Å². The molecule has 0 saturated heterocycles. The molecule has 0 heterocycles. The third kappa shape index (κ3) is 2.45. The van der Waals surface area contributed by atoms with Crippen molar-refractivity contribution in [2.45, 2.75) is 18.2 Å². The maximum absolute atomic E-state index is 13.0. The predicted molar refractivity (Wildman–Crippen MR) is 49.7 cm³/mol. The van der Waals surface area contributed by atoms with Crippen LogP contribution >= 0.6 is 12.6 Å². The molecule has 0 spiro atoms. The molecule has 0 atom stereocenters. The molecular weight excluding hydrogens is 191 g/mol. The normalized spacial score (nSPS) is 10.1. The van der Waals surface area contributed by atoms with Crippen LogP contribution in [0.1, 0.15) is 11.1 Å². The van der Waals surface area contributed by atoms with E-state index in [1.165, 1.54) is 6.07 Å². The third-order valence-electron chi connectivity index (χ3n) is 1.78. The molecule has 0 fully saturated rings. The van der Waals surface area contributed by atoms with Crippen LogP contribution in [0, 0.1) is 12.7 Å². The van der Waals surface area contributed by atoms with Crippen molar-refractivity contribution >= 4 is 18.6 Å². The summed E-state index contributed by atoms with van der Waals surface area (Å²) in [5.74, 6) is -1.38. The zero-order valence-corrected chi connectivity index (χ0v) is 7.94. The van der Waals surface area contributed by atoms with E-state index in [0.717, 1.165) is 0 Å². The Morgan fingerprint density at radius 2 is 2.23 bits per heavy atom. The van der Waals surface area contributed by atoms with Crippen LogP contribution < -0.4 is 0 Å². The molecule has 1 aromatic carbocycles. The quantitative estimate of drug-likeness (QED) is 0.717. The van der Waals surface area contributed by atoms with Gasteiger partial charge >= 0.3 is 5.97 Å². The van der Waals surface area contributed by atoms with E-state index in [4.69, 9.17) is 5.11 Å². The van der Waals surface area contributed by atoms with E-state index in [2.05, 4.69) is 12.6 Å². The maximum Gasteiger partial charge on any atom is 0.307 e. The van der Waals surface area contributed by atoms with Gasteiger partial charge in [0.15, 0.2) is 0 Å². The minimum Gasteiger partial charge on any atom is -0.481 e. The van der Waals surface area contributed by atoms with E-state index in [1.807, 2.05) is 0 Å². The Kier molecular flexibility index (Phi) is 2.93. The summed E-state index contributed by atoms with van der Waals surface area (Å²) >= 11 is 3.96. The molecule has 70 valence electrons. The topological polar surface area (TPSA) is 37.3 Å². The van der Waals surface area contributed by atoms with Crippen LogP contribution in [0.3, 0.4) is 0 Å². The molecule has 0 saturated carbocycles. The molecule has 0 radical (unpaired) electrons. The second-order valence-corrected chi connectivity index (χ2v) is 3.30. The lowest BCUT2D eigenvalue weighted by Crippen LogP contribution is -2.03. The Hall–Kier alpha value is -1.03. The number of rotatable bonds is 2. The molecule has 0 aliphatic heterocycles. The monoisotopic (exact) mass is 200 g/mol. The number of carboxylic acid groups (broad SMARTS) is 1. The number of hydrogen-bond acceptors (Lipinski definition) is 2. The number of thiol groups is 1. The first-order valence-corrected chi connectivity index (χ1v) is 4.15. The highest BCUT2D eigenvalue weighted by Gasteiger charge is 2.08. The smallest absolute Gasteiger partial charge is 0.307 e. The van der Waals surface area contributed by atoms with Crippen LogP contribution in [-0.2, 0) is 11.2 Å². The SMILES string of the molecule is Cc1c(F)cc(S)cc1CC(=O)O. The number of benzene rings is 1. The van der Waals surface area contributed by atoms with Gasteiger partial charge in [0.05, 0.1) is 6.42 Å². The van der Waals surface area contributed by atoms with Crippen LogP contribution in [-0.4, -0.2) is 11.1 Å². The van der Waals surface area contributed by atoms with Crippen molar-refractivity contribution in [3.05, 3.63) is 29.1 Å². The summed E-state index contributed by atoms with van der Waals surface area (Å²) < 4.78 is 13.0. The first-order valence-electron chi connectivity index (χ1n) is 3.70. The van der Waals surface area contributed by atoms with Crippen LogP contribution in [0.2, 0.25) is 0 Å². The van der Waals surface area contributed by atoms with E-state index in [0.29, 0.717) is 16.0 Å². The van der Waals surface area contributed by atoms with Gasteiger partial charge in [-0.25, -0.2) is 4.39 Å². The molecule has 13 heavy (non-hydrogen) atoms. The largest absolute Gasteiger partial charge is 0.481 e. The fourth-order valence-electron chi connectivity index (χ4n) is 1.07. The van der Waals surface area contributed by atoms with Crippen molar-refractivity contribution in [3.8, 4) is 0 Å². The van der Waals surface area contributed by atoms with Gasteiger partial charge in [0.2, 0.25) is 0 Å². The second-order valence-electron chi connectivity index (χ2n) is 2.78. The fraction of sp³-hybridized carbons (Fsp3) is 0.222. The summed E-state index contributed by atoms with van der Waals surface area (Å²) in [6, 6.07) is 2.83. The molecule has 1 rings (SSSR count). The van der Waals surface area contributed by atoms with Crippen LogP contribution in [0.25, 0.3) is 0 Å². The lowest BCUT2D eigenvalue weighted by molar-refractivity contribution is -0.136. The molecular formula is C9H9FO2S. The van der Waals surface area contributed by atoms with Crippen molar-refractivity contribution < 1.29 is 14.3 Å². The summed E-state index contributed by atoms with van der Waals surface area (Å²) in [6.45, 7) is 1.56. The van der Waals surface area contributed by atoms with Gasteiger partial charge in [0.1, 0.15) is 5.82 Å². The Balaban J connectivity index is 3.12. The number of carbonyl (C=O) groups is 1. The molecule has 0 aromatic heterocycles. The Bertz CT molecular complexity index is 350. The zero-order valence-electron chi connectivity index (χ0n) is 7.04. The fourth-order valence-corrected chi connectivity index (χ4v) is 1.34. The van der Waals surface area contributed by atoms with Gasteiger partial charge in [0, 0.05) is 4.90 Å². The predicted octanol–water partition coefficient (Wildman–Crippen LogP) is 2.05. The van der Waals surface area contributed by atoms with Gasteiger partial charge in [-0.15, -0.1) is 12.6 Å². The summed E-state index contributed by atoms with van der Waals surface area (Å²) in [7, 11) is 0. The lowest BCUT2D eigenvalue weighted by Gasteiger charge is -2.05. The molecule has 1 aromatic rings. The maximum atomic E-state index is 13.0. The highest BCUT2D eigenvalue weighted by molar-refractivity contribution is 7.80. The van der Waals surface area contributed by atoms with Crippen molar-refractivity contribution in [1.29, 1.82) is 0 Å². The highest BCUT2D eigenvalue weighted by atomic mass is 32.1. The number of aliphatic carboxylic acids is 1. The van der Waals surface area contributed by atoms with Crippen molar-refractivity contribution in [1.82, 2.24) is 0 Å². The number of hydrogen-bond donors (Lipinski definition) is 2. The first-order chi connectivity index (χ1) is 6.00. The Morgan fingerprint density at radius 1 is 1.62 bits per heavy atom.